The van der Waals surface area contributed by atoms with Crippen molar-refractivity contribution >= 4 is 32.3 Å². The van der Waals surface area contributed by atoms with Crippen LogP contribution in [0.2, 0.25) is 0 Å². The predicted octanol–water partition coefficient (Wildman–Crippen LogP) is 13.9. The number of aromatic nitrogens is 2. The Balaban J connectivity index is 1.17. The van der Waals surface area contributed by atoms with Gasteiger partial charge in [-0.05, 0) is 90.0 Å². The number of benzene rings is 9. The van der Waals surface area contributed by atoms with Crippen LogP contribution in [0.25, 0.3) is 99.6 Å². The van der Waals surface area contributed by atoms with Crippen LogP contribution in [0.3, 0.4) is 0 Å². The van der Waals surface area contributed by atoms with Crippen LogP contribution in [0.4, 0.5) is 0 Å². The molecule has 0 bridgehead atoms. The van der Waals surface area contributed by atoms with Gasteiger partial charge in [0.25, 0.3) is 0 Å². The van der Waals surface area contributed by atoms with Crippen molar-refractivity contribution < 1.29 is 0 Å². The van der Waals surface area contributed by atoms with E-state index in [0.717, 1.165) is 55.9 Å². The third kappa shape index (κ3) is 5.71. The summed E-state index contributed by atoms with van der Waals surface area (Å²) in [5, 5.41) is 7.58. The van der Waals surface area contributed by atoms with Crippen molar-refractivity contribution in [2.75, 3.05) is 0 Å². The third-order valence-electron chi connectivity index (χ3n) is 10.5. The summed E-state index contributed by atoms with van der Waals surface area (Å²) in [6.45, 7) is 0. The normalized spacial score (nSPS) is 11.3. The fourth-order valence-electron chi connectivity index (χ4n) is 7.85. The topological polar surface area (TPSA) is 25.8 Å². The fourth-order valence-corrected chi connectivity index (χ4v) is 7.85. The molecule has 0 saturated carbocycles. The number of fused-ring (bicyclic) bond motifs is 6. The van der Waals surface area contributed by atoms with Crippen LogP contribution in [0.5, 0.6) is 0 Å². The van der Waals surface area contributed by atoms with E-state index in [9.17, 15) is 0 Å². The molecule has 0 atom stereocenters. The molecule has 10 aromatic rings. The lowest BCUT2D eigenvalue weighted by atomic mass is 9.90. The van der Waals surface area contributed by atoms with Gasteiger partial charge in [0.05, 0.1) is 11.4 Å². The average molecular weight is 687 g/mol. The zero-order valence-corrected chi connectivity index (χ0v) is 29.5. The van der Waals surface area contributed by atoms with Gasteiger partial charge in [-0.15, -0.1) is 0 Å². The SMILES string of the molecule is c1ccc(-c2cccc(-c3cc(-c4ccccc4-c4ccc5c6ccccc6c6ccccc6c5c4)nc(-c4cccc(-c5ccccc5)c4)n3)c2)cc1. The molecule has 0 aliphatic heterocycles. The van der Waals surface area contributed by atoms with Gasteiger partial charge in [-0.2, -0.15) is 0 Å². The van der Waals surface area contributed by atoms with E-state index in [-0.39, 0.29) is 0 Å². The van der Waals surface area contributed by atoms with Crippen molar-refractivity contribution in [3.05, 3.63) is 206 Å². The summed E-state index contributed by atoms with van der Waals surface area (Å²) in [7, 11) is 0. The Hall–Kier alpha value is -7.16. The first kappa shape index (κ1) is 31.6. The Morgan fingerprint density at radius 2 is 0.667 bits per heavy atom. The smallest absolute Gasteiger partial charge is 0.160 e. The molecule has 54 heavy (non-hydrogen) atoms. The minimum absolute atomic E-state index is 0.691. The van der Waals surface area contributed by atoms with Gasteiger partial charge in [0.1, 0.15) is 0 Å². The first-order chi connectivity index (χ1) is 26.8. The van der Waals surface area contributed by atoms with E-state index in [1.165, 1.54) is 37.9 Å². The first-order valence-electron chi connectivity index (χ1n) is 18.4. The van der Waals surface area contributed by atoms with Crippen LogP contribution in [0.15, 0.2) is 206 Å². The fraction of sp³-hybridized carbons (Fsp3) is 0. The predicted molar refractivity (Wildman–Crippen MR) is 227 cm³/mol. The summed E-state index contributed by atoms with van der Waals surface area (Å²) in [5.41, 5.74) is 11.7. The Bertz CT molecular complexity index is 2850. The number of nitrogens with zero attached hydrogens (tertiary/aromatic N) is 2. The zero-order chi connectivity index (χ0) is 35.8. The molecule has 0 fully saturated rings. The van der Waals surface area contributed by atoms with Gasteiger partial charge < -0.3 is 0 Å². The van der Waals surface area contributed by atoms with E-state index in [4.69, 9.17) is 9.97 Å². The largest absolute Gasteiger partial charge is 0.228 e. The van der Waals surface area contributed by atoms with Gasteiger partial charge in [0.15, 0.2) is 5.82 Å². The second kappa shape index (κ2) is 13.4. The van der Waals surface area contributed by atoms with Crippen molar-refractivity contribution in [2.45, 2.75) is 0 Å². The van der Waals surface area contributed by atoms with E-state index in [0.29, 0.717) is 5.82 Å². The highest BCUT2D eigenvalue weighted by Gasteiger charge is 2.17. The van der Waals surface area contributed by atoms with Crippen molar-refractivity contribution in [2.24, 2.45) is 0 Å². The Morgan fingerprint density at radius 1 is 0.222 bits per heavy atom. The van der Waals surface area contributed by atoms with Gasteiger partial charge >= 0.3 is 0 Å². The van der Waals surface area contributed by atoms with E-state index in [2.05, 4.69) is 200 Å². The van der Waals surface area contributed by atoms with Crippen LogP contribution >= 0.6 is 0 Å². The lowest BCUT2D eigenvalue weighted by Gasteiger charge is -2.15. The minimum Gasteiger partial charge on any atom is -0.228 e. The Labute approximate surface area is 314 Å². The average Bonchev–Trinajstić information content (AvgIpc) is 3.27. The lowest BCUT2D eigenvalue weighted by Crippen LogP contribution is -1.97. The molecule has 252 valence electrons. The van der Waals surface area contributed by atoms with E-state index < -0.39 is 0 Å². The van der Waals surface area contributed by atoms with E-state index in [1.54, 1.807) is 0 Å². The van der Waals surface area contributed by atoms with Crippen molar-refractivity contribution in [3.8, 4) is 67.3 Å². The van der Waals surface area contributed by atoms with E-state index >= 15 is 0 Å². The summed E-state index contributed by atoms with van der Waals surface area (Å²) in [6.07, 6.45) is 0. The molecule has 0 radical (unpaired) electrons. The minimum atomic E-state index is 0.691. The standard InChI is InChI=1S/C52H34N2/c1-3-15-35(16-4-1)37-19-13-21-40(31-37)50-34-51(54-52(53-50)41-22-14-20-38(32-41)36-17-5-2-6-18-36)48-28-12-7-23-42(48)39-29-30-47-45-26-9-8-24-43(45)44-25-10-11-27-46(44)49(47)33-39/h1-34H. The molecule has 2 nitrogen and oxygen atoms in total. The molecular formula is C52H34N2. The molecule has 9 aromatic carbocycles. The second-order valence-corrected chi connectivity index (χ2v) is 13.8. The number of hydrogen-bond acceptors (Lipinski definition) is 2. The van der Waals surface area contributed by atoms with Gasteiger partial charge in [-0.1, -0.05) is 182 Å². The lowest BCUT2D eigenvalue weighted by molar-refractivity contribution is 1.18. The monoisotopic (exact) mass is 686 g/mol. The molecule has 2 heteroatoms. The van der Waals surface area contributed by atoms with Crippen LogP contribution in [0.1, 0.15) is 0 Å². The highest BCUT2D eigenvalue weighted by Crippen LogP contribution is 2.40. The van der Waals surface area contributed by atoms with Crippen LogP contribution in [-0.4, -0.2) is 9.97 Å². The van der Waals surface area contributed by atoms with Crippen LogP contribution in [0, 0.1) is 0 Å². The summed E-state index contributed by atoms with van der Waals surface area (Å²) >= 11 is 0. The number of hydrogen-bond donors (Lipinski definition) is 0. The summed E-state index contributed by atoms with van der Waals surface area (Å²) in [6, 6.07) is 73.4. The summed E-state index contributed by atoms with van der Waals surface area (Å²) < 4.78 is 0. The highest BCUT2D eigenvalue weighted by atomic mass is 14.9. The Morgan fingerprint density at radius 3 is 1.30 bits per heavy atom. The molecule has 0 amide bonds. The van der Waals surface area contributed by atoms with Gasteiger partial charge in [-0.25, -0.2) is 9.97 Å². The second-order valence-electron chi connectivity index (χ2n) is 13.8. The number of rotatable bonds is 6. The molecule has 0 spiro atoms. The Kier molecular flexibility index (Phi) is 7.85. The van der Waals surface area contributed by atoms with Gasteiger partial charge in [-0.3, -0.25) is 0 Å². The van der Waals surface area contributed by atoms with Crippen LogP contribution < -0.4 is 0 Å². The zero-order valence-electron chi connectivity index (χ0n) is 29.5. The molecule has 1 aromatic heterocycles. The molecule has 0 aliphatic rings. The molecular weight excluding hydrogens is 653 g/mol. The highest BCUT2D eigenvalue weighted by molar-refractivity contribution is 6.25. The van der Waals surface area contributed by atoms with Crippen molar-refractivity contribution in [1.82, 2.24) is 9.97 Å². The van der Waals surface area contributed by atoms with Gasteiger partial charge in [0.2, 0.25) is 0 Å². The molecule has 0 N–H and O–H groups in total. The van der Waals surface area contributed by atoms with Gasteiger partial charge in [0, 0.05) is 16.7 Å². The maximum Gasteiger partial charge on any atom is 0.160 e. The summed E-state index contributed by atoms with van der Waals surface area (Å²) in [5.74, 6) is 0.691. The molecule has 0 unspecified atom stereocenters. The third-order valence-corrected chi connectivity index (χ3v) is 10.5. The van der Waals surface area contributed by atoms with Crippen molar-refractivity contribution in [3.63, 3.8) is 0 Å². The maximum atomic E-state index is 5.34. The quantitative estimate of drug-likeness (QED) is 0.163. The van der Waals surface area contributed by atoms with Crippen LogP contribution in [-0.2, 0) is 0 Å². The molecule has 0 aliphatic carbocycles. The molecule has 10 rings (SSSR count). The maximum absolute atomic E-state index is 5.34. The van der Waals surface area contributed by atoms with Crippen molar-refractivity contribution in [1.29, 1.82) is 0 Å². The summed E-state index contributed by atoms with van der Waals surface area (Å²) in [4.78, 5) is 10.6. The molecule has 0 saturated heterocycles. The van der Waals surface area contributed by atoms with E-state index in [1.807, 2.05) is 6.07 Å². The first-order valence-corrected chi connectivity index (χ1v) is 18.4. The molecule has 1 heterocycles.